The van der Waals surface area contributed by atoms with Crippen LogP contribution < -0.4 is 4.90 Å². The van der Waals surface area contributed by atoms with Crippen LogP contribution in [0.2, 0.25) is 0 Å². The zero-order chi connectivity index (χ0) is 20.2. The normalized spacial score (nSPS) is 14.6. The van der Waals surface area contributed by atoms with Crippen LogP contribution in [0.5, 0.6) is 0 Å². The lowest BCUT2D eigenvalue weighted by atomic mass is 10.1. The molecule has 0 saturated carbocycles. The number of aromatic nitrogens is 1. The maximum absolute atomic E-state index is 13.2. The quantitative estimate of drug-likeness (QED) is 0.659. The maximum Gasteiger partial charge on any atom is 0.255 e. The number of halogens is 1. The molecule has 0 unspecified atom stereocenters. The Balaban J connectivity index is 1.47. The summed E-state index contributed by atoms with van der Waals surface area (Å²) in [6, 6.07) is 20.3. The molecule has 4 nitrogen and oxygen atoms in total. The largest absolute Gasteiger partial charge is 0.370 e. The Bertz CT molecular complexity index is 989. The second-order valence-corrected chi connectivity index (χ2v) is 7.30. The highest BCUT2D eigenvalue weighted by Gasteiger charge is 2.22. The SMILES string of the molecule is Cc1nc(-c2ccccc2)ccc1C(=O)N1CCCN(c2ccc(F)cc2)CC1. The minimum Gasteiger partial charge on any atom is -0.370 e. The number of hydrogen-bond acceptors (Lipinski definition) is 3. The first kappa shape index (κ1) is 19.1. The second kappa shape index (κ2) is 8.43. The molecule has 4 rings (SSSR count). The number of benzene rings is 2. The molecule has 0 atom stereocenters. The smallest absolute Gasteiger partial charge is 0.255 e. The zero-order valence-electron chi connectivity index (χ0n) is 16.5. The van der Waals surface area contributed by atoms with Gasteiger partial charge < -0.3 is 9.80 Å². The number of carbonyl (C=O) groups is 1. The summed E-state index contributed by atoms with van der Waals surface area (Å²) < 4.78 is 13.2. The molecule has 3 aromatic rings. The average molecular weight is 389 g/mol. The monoisotopic (exact) mass is 389 g/mol. The fourth-order valence-corrected chi connectivity index (χ4v) is 3.76. The summed E-state index contributed by atoms with van der Waals surface area (Å²) in [5.41, 5.74) is 4.30. The van der Waals surface area contributed by atoms with Crippen molar-refractivity contribution in [3.8, 4) is 11.3 Å². The van der Waals surface area contributed by atoms with Crippen molar-refractivity contribution in [2.75, 3.05) is 31.1 Å². The summed E-state index contributed by atoms with van der Waals surface area (Å²) >= 11 is 0. The van der Waals surface area contributed by atoms with Crippen LogP contribution >= 0.6 is 0 Å². The van der Waals surface area contributed by atoms with Crippen LogP contribution in [0, 0.1) is 12.7 Å². The first-order chi connectivity index (χ1) is 14.1. The van der Waals surface area contributed by atoms with Gasteiger partial charge in [0.05, 0.1) is 17.0 Å². The Labute approximate surface area is 170 Å². The van der Waals surface area contributed by atoms with Crippen molar-refractivity contribution < 1.29 is 9.18 Å². The minimum absolute atomic E-state index is 0.0237. The number of amides is 1. The van der Waals surface area contributed by atoms with E-state index in [1.807, 2.05) is 54.3 Å². The van der Waals surface area contributed by atoms with Gasteiger partial charge in [-0.25, -0.2) is 4.39 Å². The second-order valence-electron chi connectivity index (χ2n) is 7.30. The topological polar surface area (TPSA) is 36.4 Å². The highest BCUT2D eigenvalue weighted by molar-refractivity contribution is 5.95. The van der Waals surface area contributed by atoms with Gasteiger partial charge in [0.15, 0.2) is 0 Å². The van der Waals surface area contributed by atoms with Crippen LogP contribution in [0.15, 0.2) is 66.7 Å². The van der Waals surface area contributed by atoms with Crippen LogP contribution in [0.3, 0.4) is 0 Å². The molecule has 1 aliphatic rings. The molecular formula is C24H24FN3O. The van der Waals surface area contributed by atoms with Gasteiger partial charge in [-0.1, -0.05) is 30.3 Å². The molecule has 2 heterocycles. The van der Waals surface area contributed by atoms with E-state index in [2.05, 4.69) is 9.88 Å². The number of pyridine rings is 1. The number of hydrogen-bond donors (Lipinski definition) is 0. The first-order valence-corrected chi connectivity index (χ1v) is 9.95. The first-order valence-electron chi connectivity index (χ1n) is 9.95. The van der Waals surface area contributed by atoms with Crippen molar-refractivity contribution in [1.82, 2.24) is 9.88 Å². The van der Waals surface area contributed by atoms with Gasteiger partial charge in [-0.3, -0.25) is 9.78 Å². The van der Waals surface area contributed by atoms with Crippen LogP contribution in [-0.4, -0.2) is 42.0 Å². The summed E-state index contributed by atoms with van der Waals surface area (Å²) in [5, 5.41) is 0. The molecule has 1 fully saturated rings. The van der Waals surface area contributed by atoms with Crippen LogP contribution in [0.4, 0.5) is 10.1 Å². The third-order valence-corrected chi connectivity index (χ3v) is 5.36. The summed E-state index contributed by atoms with van der Waals surface area (Å²) in [4.78, 5) is 21.9. The Morgan fingerprint density at radius 2 is 1.66 bits per heavy atom. The van der Waals surface area contributed by atoms with Gasteiger partial charge >= 0.3 is 0 Å². The average Bonchev–Trinajstić information content (AvgIpc) is 3.01. The molecule has 1 aliphatic heterocycles. The third-order valence-electron chi connectivity index (χ3n) is 5.36. The molecule has 29 heavy (non-hydrogen) atoms. The number of nitrogens with zero attached hydrogens (tertiary/aromatic N) is 3. The number of anilines is 1. The summed E-state index contributed by atoms with van der Waals surface area (Å²) in [6.07, 6.45) is 0.873. The standard InChI is InChI=1S/C24H24FN3O/c1-18-22(12-13-23(26-18)19-6-3-2-4-7-19)24(29)28-15-5-14-27(16-17-28)21-10-8-20(25)9-11-21/h2-4,6-13H,5,14-17H2,1H3. The van der Waals surface area contributed by atoms with Crippen molar-refractivity contribution in [3.63, 3.8) is 0 Å². The van der Waals surface area contributed by atoms with Crippen molar-refractivity contribution in [1.29, 1.82) is 0 Å². The highest BCUT2D eigenvalue weighted by atomic mass is 19.1. The molecule has 1 amide bonds. The predicted molar refractivity (Wildman–Crippen MR) is 114 cm³/mol. The van der Waals surface area contributed by atoms with E-state index < -0.39 is 0 Å². The van der Waals surface area contributed by atoms with E-state index in [9.17, 15) is 9.18 Å². The molecule has 0 aliphatic carbocycles. The lowest BCUT2D eigenvalue weighted by Gasteiger charge is -2.24. The molecule has 2 aromatic carbocycles. The van der Waals surface area contributed by atoms with Gasteiger partial charge in [0, 0.05) is 37.4 Å². The van der Waals surface area contributed by atoms with Gasteiger partial charge in [-0.2, -0.15) is 0 Å². The van der Waals surface area contributed by atoms with Crippen molar-refractivity contribution in [2.45, 2.75) is 13.3 Å². The molecule has 1 aromatic heterocycles. The fraction of sp³-hybridized carbons (Fsp3) is 0.250. The molecular weight excluding hydrogens is 365 g/mol. The van der Waals surface area contributed by atoms with E-state index in [1.54, 1.807) is 12.1 Å². The van der Waals surface area contributed by atoms with E-state index in [1.165, 1.54) is 12.1 Å². The summed E-state index contributed by atoms with van der Waals surface area (Å²) in [6.45, 7) is 4.81. The Morgan fingerprint density at radius 3 is 2.38 bits per heavy atom. The van der Waals surface area contributed by atoms with Gasteiger partial charge in [-0.05, 0) is 49.7 Å². The van der Waals surface area contributed by atoms with Gasteiger partial charge in [0.1, 0.15) is 5.82 Å². The summed E-state index contributed by atoms with van der Waals surface area (Å²) in [5.74, 6) is -0.210. The van der Waals surface area contributed by atoms with Crippen LogP contribution in [-0.2, 0) is 0 Å². The number of rotatable bonds is 3. The Hall–Kier alpha value is -3.21. The molecule has 0 bridgehead atoms. The van der Waals surface area contributed by atoms with Gasteiger partial charge in [0.2, 0.25) is 0 Å². The minimum atomic E-state index is -0.234. The highest BCUT2D eigenvalue weighted by Crippen LogP contribution is 2.21. The van der Waals surface area contributed by atoms with Crippen LogP contribution in [0.1, 0.15) is 22.5 Å². The molecule has 148 valence electrons. The van der Waals surface area contributed by atoms with Gasteiger partial charge in [0.25, 0.3) is 5.91 Å². The number of aryl methyl sites for hydroxylation is 1. The predicted octanol–water partition coefficient (Wildman–Crippen LogP) is 4.55. The van der Waals surface area contributed by atoms with Crippen molar-refractivity contribution in [2.24, 2.45) is 0 Å². The lowest BCUT2D eigenvalue weighted by molar-refractivity contribution is 0.0766. The summed E-state index contributed by atoms with van der Waals surface area (Å²) in [7, 11) is 0. The molecule has 5 heteroatoms. The van der Waals surface area contributed by atoms with Crippen molar-refractivity contribution in [3.05, 3.63) is 83.8 Å². The fourth-order valence-electron chi connectivity index (χ4n) is 3.76. The van der Waals surface area contributed by atoms with Gasteiger partial charge in [-0.15, -0.1) is 0 Å². The molecule has 0 N–H and O–H groups in total. The van der Waals surface area contributed by atoms with E-state index in [0.717, 1.165) is 42.1 Å². The van der Waals surface area contributed by atoms with E-state index in [-0.39, 0.29) is 11.7 Å². The maximum atomic E-state index is 13.2. The lowest BCUT2D eigenvalue weighted by Crippen LogP contribution is -2.35. The van der Waals surface area contributed by atoms with E-state index in [0.29, 0.717) is 18.7 Å². The van der Waals surface area contributed by atoms with Crippen molar-refractivity contribution >= 4 is 11.6 Å². The Morgan fingerprint density at radius 1 is 0.897 bits per heavy atom. The zero-order valence-corrected chi connectivity index (χ0v) is 16.5. The molecule has 0 spiro atoms. The van der Waals surface area contributed by atoms with Crippen LogP contribution in [0.25, 0.3) is 11.3 Å². The third kappa shape index (κ3) is 4.29. The Kier molecular flexibility index (Phi) is 5.56. The molecule has 1 saturated heterocycles. The van der Waals surface area contributed by atoms with E-state index >= 15 is 0 Å². The number of carbonyl (C=O) groups excluding carboxylic acids is 1. The van der Waals surface area contributed by atoms with E-state index in [4.69, 9.17) is 0 Å². The molecule has 0 radical (unpaired) electrons.